The van der Waals surface area contributed by atoms with Gasteiger partial charge in [-0.1, -0.05) is 22.9 Å². The summed E-state index contributed by atoms with van der Waals surface area (Å²) in [4.78, 5) is 29.4. The molecule has 3 aromatic rings. The van der Waals surface area contributed by atoms with Gasteiger partial charge in [0.2, 0.25) is 10.0 Å². The van der Waals surface area contributed by atoms with Crippen molar-refractivity contribution < 1.29 is 18.1 Å². The van der Waals surface area contributed by atoms with Crippen LogP contribution in [-0.2, 0) is 10.0 Å². The van der Waals surface area contributed by atoms with Gasteiger partial charge in [0.25, 0.3) is 11.6 Å². The van der Waals surface area contributed by atoms with Crippen LogP contribution >= 0.6 is 22.9 Å². The van der Waals surface area contributed by atoms with Crippen molar-refractivity contribution in [3.8, 4) is 0 Å². The predicted molar refractivity (Wildman–Crippen MR) is 122 cm³/mol. The third-order valence-corrected chi connectivity index (χ3v) is 8.23. The average Bonchev–Trinajstić information content (AvgIpc) is 3.15. The Hall–Kier alpha value is -2.64. The first-order valence-electron chi connectivity index (χ1n) is 9.50. The fraction of sp³-hybridized carbons (Fsp3) is 0.263. The molecule has 2 heterocycles. The molecule has 1 aromatic heterocycles. The van der Waals surface area contributed by atoms with Gasteiger partial charge in [-0.25, -0.2) is 13.4 Å². The van der Waals surface area contributed by atoms with Crippen LogP contribution < -0.4 is 5.32 Å². The first-order valence-corrected chi connectivity index (χ1v) is 12.1. The molecule has 0 unspecified atom stereocenters. The number of thiazole rings is 1. The van der Waals surface area contributed by atoms with Gasteiger partial charge in [0.15, 0.2) is 5.13 Å². The van der Waals surface area contributed by atoms with Gasteiger partial charge < -0.3 is 4.90 Å². The van der Waals surface area contributed by atoms with Crippen molar-refractivity contribution in [2.45, 2.75) is 4.90 Å². The van der Waals surface area contributed by atoms with E-state index in [0.29, 0.717) is 36.4 Å². The molecule has 2 aromatic carbocycles. The normalized spacial score (nSPS) is 15.7. The Balaban J connectivity index is 1.56. The second kappa shape index (κ2) is 8.71. The second-order valence-electron chi connectivity index (χ2n) is 7.23. The zero-order chi connectivity index (χ0) is 23.0. The standard InChI is InChI=1S/C19H18ClN5O5S2/c1-23-6-8-24(9-7-23)32(29,30)13-3-5-15-17(11-13)31-19(21-15)22-18(26)12-2-4-14(20)16(10-12)25(27)28/h2-5,10-11H,6-9H2,1H3,(H,21,22,26). The third-order valence-electron chi connectivity index (χ3n) is 5.09. The van der Waals surface area contributed by atoms with Crippen LogP contribution in [0.1, 0.15) is 10.4 Å². The predicted octanol–water partition coefficient (Wildman–Crippen LogP) is 3.05. The van der Waals surface area contributed by atoms with Crippen molar-refractivity contribution in [2.75, 3.05) is 38.5 Å². The van der Waals surface area contributed by atoms with Crippen molar-refractivity contribution in [3.63, 3.8) is 0 Å². The number of sulfonamides is 1. The van der Waals surface area contributed by atoms with E-state index in [4.69, 9.17) is 11.6 Å². The number of amides is 1. The summed E-state index contributed by atoms with van der Waals surface area (Å²) in [6.45, 7) is 2.18. The number of likely N-dealkylation sites (N-methyl/N-ethyl adjacent to an activating group) is 1. The van der Waals surface area contributed by atoms with Crippen LogP contribution in [-0.4, -0.2) is 66.7 Å². The molecule has 10 nitrogen and oxygen atoms in total. The third kappa shape index (κ3) is 4.45. The Bertz CT molecular complexity index is 1320. The molecule has 4 rings (SSSR count). The molecule has 1 aliphatic heterocycles. The maximum Gasteiger partial charge on any atom is 0.288 e. The van der Waals surface area contributed by atoms with Gasteiger partial charge in [0.05, 0.1) is 20.0 Å². The van der Waals surface area contributed by atoms with E-state index in [1.807, 2.05) is 7.05 Å². The van der Waals surface area contributed by atoms with E-state index in [2.05, 4.69) is 15.2 Å². The Morgan fingerprint density at radius 1 is 1.19 bits per heavy atom. The number of hydrogen-bond acceptors (Lipinski definition) is 8. The molecule has 0 aliphatic carbocycles. The second-order valence-corrected chi connectivity index (χ2v) is 10.6. The molecule has 0 radical (unpaired) electrons. The van der Waals surface area contributed by atoms with Crippen LogP contribution in [0.2, 0.25) is 5.02 Å². The van der Waals surface area contributed by atoms with Crippen LogP contribution in [0, 0.1) is 10.1 Å². The molecule has 0 saturated carbocycles. The Morgan fingerprint density at radius 2 is 1.91 bits per heavy atom. The molecular formula is C19H18ClN5O5S2. The lowest BCUT2D eigenvalue weighted by atomic mass is 10.2. The molecule has 1 N–H and O–H groups in total. The number of carbonyl (C=O) groups excluding carboxylic acids is 1. The number of benzene rings is 2. The number of rotatable bonds is 5. The maximum atomic E-state index is 13.0. The Kier molecular flexibility index (Phi) is 6.14. The van der Waals surface area contributed by atoms with Gasteiger partial charge >= 0.3 is 0 Å². The topological polar surface area (TPSA) is 126 Å². The van der Waals surface area contributed by atoms with Crippen LogP contribution in [0.4, 0.5) is 10.8 Å². The Labute approximate surface area is 192 Å². The highest BCUT2D eigenvalue weighted by molar-refractivity contribution is 7.89. The monoisotopic (exact) mass is 495 g/mol. The summed E-state index contributed by atoms with van der Waals surface area (Å²) in [6, 6.07) is 8.39. The quantitative estimate of drug-likeness (QED) is 0.425. The number of nitro benzene ring substituents is 1. The number of piperazine rings is 1. The molecule has 0 bridgehead atoms. The number of anilines is 1. The first-order chi connectivity index (χ1) is 15.1. The zero-order valence-electron chi connectivity index (χ0n) is 16.8. The Morgan fingerprint density at radius 3 is 2.59 bits per heavy atom. The van der Waals surface area contributed by atoms with E-state index < -0.39 is 20.9 Å². The summed E-state index contributed by atoms with van der Waals surface area (Å²) in [6.07, 6.45) is 0. The van der Waals surface area contributed by atoms with Gasteiger partial charge in [-0.15, -0.1) is 0 Å². The summed E-state index contributed by atoms with van der Waals surface area (Å²) in [5.41, 5.74) is 0.214. The molecule has 13 heteroatoms. The minimum Gasteiger partial charge on any atom is -0.304 e. The highest BCUT2D eigenvalue weighted by Gasteiger charge is 2.28. The van der Waals surface area contributed by atoms with Crippen molar-refractivity contribution >= 4 is 59.9 Å². The summed E-state index contributed by atoms with van der Waals surface area (Å²) in [5, 5.41) is 13.8. The minimum atomic E-state index is -3.63. The molecule has 32 heavy (non-hydrogen) atoms. The molecule has 1 amide bonds. The molecule has 168 valence electrons. The van der Waals surface area contributed by atoms with Gasteiger partial charge in [-0.3, -0.25) is 20.2 Å². The van der Waals surface area contributed by atoms with Crippen LogP contribution in [0.25, 0.3) is 10.2 Å². The van der Waals surface area contributed by atoms with Crippen LogP contribution in [0.5, 0.6) is 0 Å². The highest BCUT2D eigenvalue weighted by Crippen LogP contribution is 2.30. The lowest BCUT2D eigenvalue weighted by Crippen LogP contribution is -2.46. The van der Waals surface area contributed by atoms with E-state index >= 15 is 0 Å². The summed E-state index contributed by atoms with van der Waals surface area (Å²) in [7, 11) is -1.68. The molecule has 1 aliphatic rings. The maximum absolute atomic E-state index is 13.0. The van der Waals surface area contributed by atoms with Crippen molar-refractivity contribution in [1.29, 1.82) is 0 Å². The van der Waals surface area contributed by atoms with E-state index in [1.54, 1.807) is 12.1 Å². The number of carbonyl (C=O) groups is 1. The minimum absolute atomic E-state index is 0.0543. The van der Waals surface area contributed by atoms with Gasteiger partial charge in [-0.2, -0.15) is 4.31 Å². The van der Waals surface area contributed by atoms with E-state index in [9.17, 15) is 23.3 Å². The number of nitrogens with zero attached hydrogens (tertiary/aromatic N) is 4. The summed E-state index contributed by atoms with van der Waals surface area (Å²) >= 11 is 6.90. The fourth-order valence-electron chi connectivity index (χ4n) is 3.26. The summed E-state index contributed by atoms with van der Waals surface area (Å²) in [5.74, 6) is -0.589. The van der Waals surface area contributed by atoms with Gasteiger partial charge in [-0.05, 0) is 37.4 Å². The van der Waals surface area contributed by atoms with E-state index in [1.165, 1.54) is 22.5 Å². The van der Waals surface area contributed by atoms with E-state index in [0.717, 1.165) is 17.4 Å². The molecule has 1 saturated heterocycles. The van der Waals surface area contributed by atoms with Crippen LogP contribution in [0.15, 0.2) is 41.3 Å². The van der Waals surface area contributed by atoms with Crippen molar-refractivity contribution in [1.82, 2.24) is 14.2 Å². The highest BCUT2D eigenvalue weighted by atomic mass is 35.5. The number of nitrogens with one attached hydrogen (secondary N) is 1. The molecule has 0 spiro atoms. The molecule has 1 fully saturated rings. The SMILES string of the molecule is CN1CCN(S(=O)(=O)c2ccc3nc(NC(=O)c4ccc(Cl)c([N+](=O)[O-])c4)sc3c2)CC1. The number of fused-ring (bicyclic) bond motifs is 1. The fourth-order valence-corrected chi connectivity index (χ4v) is 5.87. The van der Waals surface area contributed by atoms with Crippen molar-refractivity contribution in [2.24, 2.45) is 0 Å². The largest absolute Gasteiger partial charge is 0.304 e. The first kappa shape index (κ1) is 22.6. The number of nitro groups is 1. The van der Waals surface area contributed by atoms with E-state index in [-0.39, 0.29) is 26.3 Å². The zero-order valence-corrected chi connectivity index (χ0v) is 19.2. The van der Waals surface area contributed by atoms with Crippen molar-refractivity contribution in [3.05, 3.63) is 57.1 Å². The average molecular weight is 496 g/mol. The number of halogens is 1. The lowest BCUT2D eigenvalue weighted by Gasteiger charge is -2.31. The number of hydrogen-bond donors (Lipinski definition) is 1. The molecule has 0 atom stereocenters. The molecular weight excluding hydrogens is 478 g/mol. The van der Waals surface area contributed by atoms with Gasteiger partial charge in [0.1, 0.15) is 5.02 Å². The number of aromatic nitrogens is 1. The smallest absolute Gasteiger partial charge is 0.288 e. The van der Waals surface area contributed by atoms with Crippen LogP contribution in [0.3, 0.4) is 0 Å². The summed E-state index contributed by atoms with van der Waals surface area (Å²) < 4.78 is 28.0. The lowest BCUT2D eigenvalue weighted by molar-refractivity contribution is -0.384. The van der Waals surface area contributed by atoms with Gasteiger partial charge in [0, 0.05) is 37.8 Å².